The van der Waals surface area contributed by atoms with Crippen LogP contribution in [-0.4, -0.2) is 193 Å². The number of ether oxygens (including phenoxy) is 7. The van der Waals surface area contributed by atoms with Gasteiger partial charge in [0.25, 0.3) is 23.6 Å². The molecule has 6 rings (SSSR count). The molecule has 0 aromatic rings. The van der Waals surface area contributed by atoms with Crippen molar-refractivity contribution in [3.63, 3.8) is 0 Å². The fourth-order valence-electron chi connectivity index (χ4n) is 5.29. The molecule has 6 aliphatic heterocycles. The van der Waals surface area contributed by atoms with Crippen LogP contribution in [0.2, 0.25) is 0 Å². The van der Waals surface area contributed by atoms with Crippen LogP contribution in [0.1, 0.15) is 35.0 Å². The second-order valence-corrected chi connectivity index (χ2v) is 19.9. The van der Waals surface area contributed by atoms with Gasteiger partial charge in [0.15, 0.2) is 12.2 Å². The molecule has 69 heavy (non-hydrogen) atoms. The van der Waals surface area contributed by atoms with Crippen molar-refractivity contribution < 1.29 is 97.5 Å². The molecule has 6 amide bonds. The zero-order valence-electron chi connectivity index (χ0n) is 38.7. The van der Waals surface area contributed by atoms with Gasteiger partial charge in [-0.1, -0.05) is 43.2 Å². The minimum Gasteiger partial charge on any atom is -0.463 e. The highest BCUT2D eigenvalue weighted by molar-refractivity contribution is 8.77. The van der Waals surface area contributed by atoms with Crippen LogP contribution in [0.25, 0.3) is 0 Å². The fourth-order valence-corrected chi connectivity index (χ4v) is 12.0. The van der Waals surface area contributed by atoms with E-state index >= 15 is 0 Å². The number of nitrogens with one attached hydrogen (secondary N) is 2. The van der Waals surface area contributed by atoms with Gasteiger partial charge in [-0.3, -0.25) is 38.6 Å². The molecule has 0 aromatic heterocycles. The number of aliphatic hydroxyl groups excluding tert-OH is 2. The lowest BCUT2D eigenvalue weighted by atomic mass is 9.95. The molecule has 0 aromatic carbocycles. The molecule has 0 saturated carbocycles. The fraction of sp³-hybridized carbons (Fsp3) is 0.585. The number of terminal acetylenes is 1. The van der Waals surface area contributed by atoms with Crippen LogP contribution in [-0.2, 0) is 76.3 Å². The molecule has 382 valence electrons. The SMILES string of the molecule is CC(O)C(=O)OCC1(COC(=O)OCCNC(=O)CCN2C(=O)C=CC2=O)CSSC1.CC1OC(=O)C(C)OC1=O.O=C(CCN1C(=O)C=CC1=O)NCCO.O=C1OCC2(CO1)CSSC2.[2H]C#C. The zero-order valence-corrected chi connectivity index (χ0v) is 41.0. The highest BCUT2D eigenvalue weighted by Crippen LogP contribution is 2.45. The Balaban J connectivity index is 0.000000353. The Kier molecular flexibility index (Phi) is 25.9. The van der Waals surface area contributed by atoms with Crippen molar-refractivity contribution in [2.45, 2.75) is 51.9 Å². The standard InChI is InChI=1S/C18H24N2O9S2.C9H12N2O4.C6H8O4.C6H8O3S2.C2H2/c1-12(21)16(25)28-8-18(10-30-31-11-18)9-29-17(26)27-7-5-19-13(22)4-6-20-14(23)2-3-15(20)24;12-6-4-10-7(13)3-5-11-8(14)1-2-9(11)15;1-3-5(7)10-4(2)6(8)9-3;7-5-8-1-6(2-9-5)3-10-11-4-6;1-2/h2-3,12,21H,4-11H2,1H3,(H,19,22);1-2,12H,3-6H2,(H,10,13);3-4H,1-2H3;1-4H2;1-2H/i;;;;1D. The average molecular weight is 1050 g/mol. The molecular weight excluding hydrogens is 997 g/mol. The van der Waals surface area contributed by atoms with Gasteiger partial charge in [-0.05, 0) is 20.8 Å². The van der Waals surface area contributed by atoms with Crippen molar-refractivity contribution >= 4 is 109 Å². The van der Waals surface area contributed by atoms with Crippen molar-refractivity contribution in [3.8, 4) is 12.8 Å². The van der Waals surface area contributed by atoms with E-state index in [0.29, 0.717) is 24.7 Å². The van der Waals surface area contributed by atoms with E-state index in [2.05, 4.69) is 26.5 Å². The maximum Gasteiger partial charge on any atom is 0.508 e. The third-order valence-corrected chi connectivity index (χ3v) is 14.9. The van der Waals surface area contributed by atoms with Gasteiger partial charge in [-0.15, -0.1) is 12.8 Å². The van der Waals surface area contributed by atoms with Gasteiger partial charge < -0.3 is 54.0 Å². The molecule has 3 unspecified atom stereocenters. The van der Waals surface area contributed by atoms with Crippen molar-refractivity contribution in [2.24, 2.45) is 10.8 Å². The molecule has 6 heterocycles. The van der Waals surface area contributed by atoms with Gasteiger partial charge in [0.05, 0.1) is 24.0 Å². The molecule has 4 N–H and O–H groups in total. The van der Waals surface area contributed by atoms with Gasteiger partial charge in [-0.2, -0.15) is 0 Å². The Bertz CT molecular complexity index is 1920. The van der Waals surface area contributed by atoms with Crippen LogP contribution >= 0.6 is 43.2 Å². The van der Waals surface area contributed by atoms with E-state index in [1.165, 1.54) is 39.3 Å². The van der Waals surface area contributed by atoms with E-state index < -0.39 is 83.5 Å². The third kappa shape index (κ3) is 21.4. The van der Waals surface area contributed by atoms with E-state index in [0.717, 1.165) is 33.5 Å². The van der Waals surface area contributed by atoms with E-state index in [-0.39, 0.29) is 76.8 Å². The van der Waals surface area contributed by atoms with Crippen LogP contribution < -0.4 is 10.6 Å². The lowest BCUT2D eigenvalue weighted by Gasteiger charge is -2.29. The first-order valence-corrected chi connectivity index (χ1v) is 25.6. The van der Waals surface area contributed by atoms with Crippen molar-refractivity contribution in [1.29, 1.82) is 0 Å². The van der Waals surface area contributed by atoms with E-state index in [1.54, 1.807) is 21.6 Å². The monoisotopic (exact) mass is 1050 g/mol. The number of esters is 3. The van der Waals surface area contributed by atoms with E-state index in [9.17, 15) is 57.8 Å². The van der Waals surface area contributed by atoms with Crippen LogP contribution in [0.15, 0.2) is 24.3 Å². The lowest BCUT2D eigenvalue weighted by Crippen LogP contribution is -2.41. The minimum atomic E-state index is -1.23. The molecule has 4 saturated heterocycles. The Morgan fingerprint density at radius 2 is 1.17 bits per heavy atom. The summed E-state index contributed by atoms with van der Waals surface area (Å²) >= 11 is 0. The molecule has 6 aliphatic rings. The second-order valence-electron chi connectivity index (χ2n) is 15.0. The molecule has 0 radical (unpaired) electrons. The van der Waals surface area contributed by atoms with Gasteiger partial charge >= 0.3 is 30.2 Å². The first kappa shape index (κ1) is 57.8. The van der Waals surface area contributed by atoms with Gasteiger partial charge in [0.2, 0.25) is 11.8 Å². The number of imide groups is 2. The Morgan fingerprint density at radius 1 is 0.754 bits per heavy atom. The first-order chi connectivity index (χ1) is 33.2. The summed E-state index contributed by atoms with van der Waals surface area (Å²) < 4.78 is 39.7. The molecule has 4 fully saturated rings. The third-order valence-electron chi connectivity index (χ3n) is 9.23. The van der Waals surface area contributed by atoms with Crippen LogP contribution in [0, 0.1) is 23.7 Å². The Morgan fingerprint density at radius 3 is 1.61 bits per heavy atom. The molecule has 24 nitrogen and oxygen atoms in total. The summed E-state index contributed by atoms with van der Waals surface area (Å²) in [6, 6.07) is 0. The highest BCUT2D eigenvalue weighted by atomic mass is 33.1. The molecule has 28 heteroatoms. The summed E-state index contributed by atoms with van der Waals surface area (Å²) in [5.41, 5.74) is -0.449. The number of rotatable bonds is 16. The van der Waals surface area contributed by atoms with Crippen LogP contribution in [0.4, 0.5) is 9.59 Å². The first-order valence-electron chi connectivity index (χ1n) is 21.1. The van der Waals surface area contributed by atoms with Gasteiger partial charge in [0.1, 0.15) is 40.5 Å². The average Bonchev–Trinajstić information content (AvgIpc) is 4.14. The normalized spacial score (nSPS) is 20.8. The summed E-state index contributed by atoms with van der Waals surface area (Å²) in [7, 11) is 6.78. The summed E-state index contributed by atoms with van der Waals surface area (Å²) in [5, 5.41) is 22.6. The number of amides is 6. The molecule has 1 spiro atoms. The number of carbonyl (C=O) groups excluding carboxylic acids is 11. The van der Waals surface area contributed by atoms with E-state index in [1.807, 2.05) is 21.6 Å². The van der Waals surface area contributed by atoms with Gasteiger partial charge in [-0.25, -0.2) is 24.0 Å². The summed E-state index contributed by atoms with van der Waals surface area (Å²) in [6.45, 7) is 5.33. The zero-order chi connectivity index (χ0) is 52.3. The molecule has 0 bridgehead atoms. The number of hydrogen-bond donors (Lipinski definition) is 4. The van der Waals surface area contributed by atoms with Crippen molar-refractivity contribution in [2.75, 3.05) is 88.8 Å². The highest BCUT2D eigenvalue weighted by Gasteiger charge is 2.42. The summed E-state index contributed by atoms with van der Waals surface area (Å²) in [6.07, 6.45) is 6.23. The Labute approximate surface area is 413 Å². The number of carbonyl (C=O) groups is 11. The topological polar surface area (TPSA) is 323 Å². The quantitative estimate of drug-likeness (QED) is 0.0393. The largest absolute Gasteiger partial charge is 0.508 e. The predicted octanol–water partition coefficient (Wildman–Crippen LogP) is -0.0663. The number of hydrogen-bond acceptors (Lipinski definition) is 24. The maximum absolute atomic E-state index is 11.8. The number of nitrogens with zero attached hydrogens (tertiary/aromatic N) is 2. The summed E-state index contributed by atoms with van der Waals surface area (Å²) in [5.74, 6) is -0.825. The maximum atomic E-state index is 11.8. The lowest BCUT2D eigenvalue weighted by molar-refractivity contribution is -0.191. The molecule has 0 aliphatic carbocycles. The Hall–Kier alpha value is -5.47. The summed E-state index contributed by atoms with van der Waals surface area (Å²) in [4.78, 5) is 125. The second kappa shape index (κ2) is 30.9. The van der Waals surface area contributed by atoms with E-state index in [4.69, 9.17) is 30.2 Å². The van der Waals surface area contributed by atoms with Crippen molar-refractivity contribution in [1.82, 2.24) is 20.4 Å². The smallest absolute Gasteiger partial charge is 0.463 e. The molecule has 3 atom stereocenters. The van der Waals surface area contributed by atoms with Crippen LogP contribution in [0.5, 0.6) is 0 Å². The number of aliphatic hydroxyl groups is 2. The van der Waals surface area contributed by atoms with Crippen LogP contribution in [0.3, 0.4) is 0 Å². The minimum absolute atomic E-state index is 0.0115. The molecular formula is C41H54N4O20S4. The number of cyclic esters (lactones) is 4. The van der Waals surface area contributed by atoms with Gasteiger partial charge in [0, 0.05) is 79.8 Å². The van der Waals surface area contributed by atoms with Crippen molar-refractivity contribution in [3.05, 3.63) is 24.3 Å². The predicted molar refractivity (Wildman–Crippen MR) is 247 cm³/mol.